The third kappa shape index (κ3) is 3.64. The van der Waals surface area contributed by atoms with E-state index in [1.54, 1.807) is 12.1 Å². The first-order valence-corrected chi connectivity index (χ1v) is 5.85. The molecule has 1 aromatic carbocycles. The molecule has 0 amide bonds. The maximum atomic E-state index is 12.0. The van der Waals surface area contributed by atoms with Crippen LogP contribution in [0.5, 0.6) is 5.75 Å². The van der Waals surface area contributed by atoms with E-state index in [2.05, 4.69) is 20.8 Å². The van der Waals surface area contributed by atoms with Gasteiger partial charge in [-0.3, -0.25) is 0 Å². The topological polar surface area (TPSA) is 15.7 Å². The first-order valence-electron chi connectivity index (χ1n) is 5.85. The standard InChI is InChI=1S/C13H15F3N2O/c1-10-7-8-17(2)18(10)9-11-3-5-12(6-4-11)19-13(14,15)16/h3-7H,8-9H2,1-2H3. The zero-order valence-electron chi connectivity index (χ0n) is 10.7. The summed E-state index contributed by atoms with van der Waals surface area (Å²) in [6.45, 7) is 3.48. The van der Waals surface area contributed by atoms with Crippen LogP contribution in [-0.2, 0) is 6.54 Å². The van der Waals surface area contributed by atoms with Crippen LogP contribution in [0.15, 0.2) is 36.0 Å². The van der Waals surface area contributed by atoms with Crippen LogP contribution in [0, 0.1) is 0 Å². The molecule has 1 heterocycles. The van der Waals surface area contributed by atoms with Gasteiger partial charge in [0, 0.05) is 19.3 Å². The summed E-state index contributed by atoms with van der Waals surface area (Å²) in [6.07, 6.45) is -2.54. The quantitative estimate of drug-likeness (QED) is 0.840. The van der Waals surface area contributed by atoms with Gasteiger partial charge >= 0.3 is 6.36 Å². The summed E-state index contributed by atoms with van der Waals surface area (Å²) < 4.78 is 39.9. The molecule has 0 saturated heterocycles. The predicted molar refractivity (Wildman–Crippen MR) is 65.1 cm³/mol. The molecule has 104 valence electrons. The van der Waals surface area contributed by atoms with Crippen molar-refractivity contribution in [2.24, 2.45) is 0 Å². The average molecular weight is 272 g/mol. The van der Waals surface area contributed by atoms with Gasteiger partial charge in [0.2, 0.25) is 0 Å². The van der Waals surface area contributed by atoms with Crippen LogP contribution in [0.4, 0.5) is 13.2 Å². The molecular weight excluding hydrogens is 257 g/mol. The number of hydrogen-bond acceptors (Lipinski definition) is 3. The van der Waals surface area contributed by atoms with E-state index >= 15 is 0 Å². The van der Waals surface area contributed by atoms with Gasteiger partial charge in [-0.2, -0.15) is 0 Å². The fourth-order valence-corrected chi connectivity index (χ4v) is 1.95. The minimum atomic E-state index is -4.64. The van der Waals surface area contributed by atoms with Gasteiger partial charge in [0.05, 0.1) is 6.54 Å². The van der Waals surface area contributed by atoms with Crippen molar-refractivity contribution in [1.29, 1.82) is 0 Å². The Morgan fingerprint density at radius 3 is 2.32 bits per heavy atom. The highest BCUT2D eigenvalue weighted by atomic mass is 19.4. The van der Waals surface area contributed by atoms with Crippen LogP contribution in [0.3, 0.4) is 0 Å². The van der Waals surface area contributed by atoms with Gasteiger partial charge < -0.3 is 9.75 Å². The average Bonchev–Trinajstić information content (AvgIpc) is 2.61. The van der Waals surface area contributed by atoms with Crippen molar-refractivity contribution >= 4 is 0 Å². The van der Waals surface area contributed by atoms with Crippen molar-refractivity contribution in [3.8, 4) is 5.75 Å². The lowest BCUT2D eigenvalue weighted by Crippen LogP contribution is -2.32. The fraction of sp³-hybridized carbons (Fsp3) is 0.385. The number of alkyl halides is 3. The molecule has 2 rings (SSSR count). The molecule has 0 aliphatic carbocycles. The van der Waals surface area contributed by atoms with E-state index in [1.807, 2.05) is 14.0 Å². The van der Waals surface area contributed by atoms with E-state index < -0.39 is 6.36 Å². The maximum Gasteiger partial charge on any atom is 0.573 e. The number of benzene rings is 1. The molecule has 1 aliphatic rings. The number of allylic oxidation sites excluding steroid dienone is 1. The molecular formula is C13H15F3N2O. The molecule has 3 nitrogen and oxygen atoms in total. The minimum Gasteiger partial charge on any atom is -0.406 e. The molecule has 19 heavy (non-hydrogen) atoms. The molecule has 0 N–H and O–H groups in total. The Labute approximate surface area is 109 Å². The highest BCUT2D eigenvalue weighted by molar-refractivity contribution is 5.27. The van der Waals surface area contributed by atoms with Crippen LogP contribution in [0.25, 0.3) is 0 Å². The van der Waals surface area contributed by atoms with E-state index in [0.29, 0.717) is 6.54 Å². The highest BCUT2D eigenvalue weighted by Crippen LogP contribution is 2.24. The van der Waals surface area contributed by atoms with E-state index in [9.17, 15) is 13.2 Å². The summed E-state index contributed by atoms with van der Waals surface area (Å²) in [6, 6.07) is 5.94. The van der Waals surface area contributed by atoms with Crippen LogP contribution in [0.2, 0.25) is 0 Å². The second-order valence-corrected chi connectivity index (χ2v) is 4.44. The lowest BCUT2D eigenvalue weighted by molar-refractivity contribution is -0.274. The molecule has 0 fully saturated rings. The zero-order valence-corrected chi connectivity index (χ0v) is 10.7. The van der Waals surface area contributed by atoms with Crippen molar-refractivity contribution in [2.45, 2.75) is 19.8 Å². The molecule has 0 unspecified atom stereocenters. The first kappa shape index (κ1) is 13.7. The highest BCUT2D eigenvalue weighted by Gasteiger charge is 2.31. The molecule has 0 radical (unpaired) electrons. The second-order valence-electron chi connectivity index (χ2n) is 4.44. The third-order valence-corrected chi connectivity index (χ3v) is 2.96. The third-order valence-electron chi connectivity index (χ3n) is 2.96. The van der Waals surface area contributed by atoms with Gasteiger partial charge in [0.25, 0.3) is 0 Å². The molecule has 0 saturated carbocycles. The van der Waals surface area contributed by atoms with Crippen LogP contribution < -0.4 is 4.74 Å². The Bertz CT molecular complexity index is 468. The molecule has 0 atom stereocenters. The fourth-order valence-electron chi connectivity index (χ4n) is 1.95. The Morgan fingerprint density at radius 2 is 1.84 bits per heavy atom. The predicted octanol–water partition coefficient (Wildman–Crippen LogP) is 3.15. The number of hydrogen-bond donors (Lipinski definition) is 0. The number of hydrazine groups is 1. The minimum absolute atomic E-state index is 0.196. The molecule has 0 aromatic heterocycles. The number of nitrogens with zero attached hydrogens (tertiary/aromatic N) is 2. The Morgan fingerprint density at radius 1 is 1.21 bits per heavy atom. The number of halogens is 3. The summed E-state index contributed by atoms with van der Waals surface area (Å²) in [5.41, 5.74) is 2.06. The number of ether oxygens (including phenoxy) is 1. The van der Waals surface area contributed by atoms with Crippen molar-refractivity contribution in [2.75, 3.05) is 13.6 Å². The smallest absolute Gasteiger partial charge is 0.406 e. The number of likely N-dealkylation sites (N-methyl/N-ethyl adjacent to an activating group) is 1. The SMILES string of the molecule is CC1=CCN(C)N1Cc1ccc(OC(F)(F)F)cc1. The van der Waals surface area contributed by atoms with Crippen molar-refractivity contribution < 1.29 is 17.9 Å². The van der Waals surface area contributed by atoms with Gasteiger partial charge in [-0.25, -0.2) is 5.01 Å². The summed E-state index contributed by atoms with van der Waals surface area (Å²) in [5.74, 6) is -0.196. The zero-order chi connectivity index (χ0) is 14.0. The van der Waals surface area contributed by atoms with Gasteiger partial charge in [-0.15, -0.1) is 13.2 Å². The van der Waals surface area contributed by atoms with Gasteiger partial charge in [-0.1, -0.05) is 12.1 Å². The summed E-state index contributed by atoms with van der Waals surface area (Å²) in [5, 5.41) is 4.12. The van der Waals surface area contributed by atoms with Crippen LogP contribution >= 0.6 is 0 Å². The van der Waals surface area contributed by atoms with E-state index in [-0.39, 0.29) is 5.75 Å². The van der Waals surface area contributed by atoms with Crippen molar-refractivity contribution in [3.05, 3.63) is 41.6 Å². The Balaban J connectivity index is 2.01. The van der Waals surface area contributed by atoms with Gasteiger partial charge in [0.1, 0.15) is 5.75 Å². The molecule has 0 bridgehead atoms. The van der Waals surface area contributed by atoms with Crippen LogP contribution in [-0.4, -0.2) is 30.0 Å². The lowest BCUT2D eigenvalue weighted by Gasteiger charge is -2.28. The molecule has 6 heteroatoms. The van der Waals surface area contributed by atoms with E-state index in [1.165, 1.54) is 12.1 Å². The van der Waals surface area contributed by atoms with Gasteiger partial charge in [0.15, 0.2) is 0 Å². The monoisotopic (exact) mass is 272 g/mol. The van der Waals surface area contributed by atoms with Crippen molar-refractivity contribution in [3.63, 3.8) is 0 Å². The Kier molecular flexibility index (Phi) is 3.71. The van der Waals surface area contributed by atoms with E-state index in [0.717, 1.165) is 17.8 Å². The van der Waals surface area contributed by atoms with Crippen molar-refractivity contribution in [1.82, 2.24) is 10.0 Å². The van der Waals surface area contributed by atoms with E-state index in [4.69, 9.17) is 0 Å². The summed E-state index contributed by atoms with van der Waals surface area (Å²) in [4.78, 5) is 0. The number of rotatable bonds is 3. The largest absolute Gasteiger partial charge is 0.573 e. The molecule has 1 aliphatic heterocycles. The first-order chi connectivity index (χ1) is 8.85. The van der Waals surface area contributed by atoms with Gasteiger partial charge in [-0.05, 0) is 30.7 Å². The normalized spacial score (nSPS) is 16.7. The maximum absolute atomic E-state index is 12.0. The summed E-state index contributed by atoms with van der Waals surface area (Å²) in [7, 11) is 1.97. The molecule has 1 aromatic rings. The lowest BCUT2D eigenvalue weighted by atomic mass is 10.2. The summed E-state index contributed by atoms with van der Waals surface area (Å²) >= 11 is 0. The second kappa shape index (κ2) is 5.13. The molecule has 0 spiro atoms. The van der Waals surface area contributed by atoms with Crippen LogP contribution in [0.1, 0.15) is 12.5 Å². The Hall–Kier alpha value is -1.69.